The van der Waals surface area contributed by atoms with Gasteiger partial charge in [0.1, 0.15) is 5.75 Å². The summed E-state index contributed by atoms with van der Waals surface area (Å²) in [4.78, 5) is 0. The van der Waals surface area contributed by atoms with E-state index < -0.39 is 0 Å². The van der Waals surface area contributed by atoms with Crippen LogP contribution in [-0.4, -0.2) is 6.61 Å². The van der Waals surface area contributed by atoms with Gasteiger partial charge in [0, 0.05) is 0 Å². The molecule has 0 saturated heterocycles. The van der Waals surface area contributed by atoms with Crippen molar-refractivity contribution in [3.8, 4) is 5.75 Å². The lowest BCUT2D eigenvalue weighted by molar-refractivity contribution is 0.289. The number of ether oxygens (including phenoxy) is 1. The fourth-order valence-corrected chi connectivity index (χ4v) is 1.34. The van der Waals surface area contributed by atoms with Crippen molar-refractivity contribution in [1.82, 2.24) is 0 Å². The molecule has 1 aromatic rings. The predicted octanol–water partition coefficient (Wildman–Crippen LogP) is 3.84. The number of allylic oxidation sites excluding steroid dienone is 1. The summed E-state index contributed by atoms with van der Waals surface area (Å²) in [5, 5.41) is 0. The van der Waals surface area contributed by atoms with Crippen molar-refractivity contribution in [3.05, 3.63) is 42.5 Å². The summed E-state index contributed by atoms with van der Waals surface area (Å²) in [7, 11) is 0. The fraction of sp³-hybridized carbons (Fsp3) is 0.429. The average molecular weight is 204 g/mol. The molecular weight excluding hydrogens is 184 g/mol. The first-order valence-electron chi connectivity index (χ1n) is 5.55. The molecule has 0 aromatic heterocycles. The summed E-state index contributed by atoms with van der Waals surface area (Å²) in [6, 6.07) is 8.22. The van der Waals surface area contributed by atoms with Crippen LogP contribution in [0.25, 0.3) is 0 Å². The Labute approximate surface area is 92.8 Å². The fourth-order valence-electron chi connectivity index (χ4n) is 1.34. The molecule has 1 rings (SSSR count). The van der Waals surface area contributed by atoms with Gasteiger partial charge in [-0.15, -0.1) is 6.58 Å². The molecule has 0 aliphatic carbocycles. The Balaban J connectivity index is 2.46. The Hall–Kier alpha value is -1.24. The topological polar surface area (TPSA) is 9.23 Å². The third-order valence-corrected chi connectivity index (χ3v) is 2.24. The third kappa shape index (κ3) is 4.68. The highest BCUT2D eigenvalue weighted by Crippen LogP contribution is 2.14. The van der Waals surface area contributed by atoms with Crippen molar-refractivity contribution in [1.29, 1.82) is 0 Å². The van der Waals surface area contributed by atoms with Crippen molar-refractivity contribution < 1.29 is 4.74 Å². The van der Waals surface area contributed by atoms with Gasteiger partial charge < -0.3 is 4.74 Å². The maximum atomic E-state index is 5.67. The molecular formula is C14H20O. The van der Waals surface area contributed by atoms with Crippen molar-refractivity contribution in [2.24, 2.45) is 5.92 Å². The molecule has 1 nitrogen and oxygen atoms in total. The van der Waals surface area contributed by atoms with Gasteiger partial charge in [-0.3, -0.25) is 0 Å². The first-order valence-corrected chi connectivity index (χ1v) is 5.55. The van der Waals surface area contributed by atoms with E-state index in [1.165, 1.54) is 5.56 Å². The molecule has 0 radical (unpaired) electrons. The van der Waals surface area contributed by atoms with Crippen LogP contribution in [0.4, 0.5) is 0 Å². The second-order valence-corrected chi connectivity index (χ2v) is 4.17. The van der Waals surface area contributed by atoms with E-state index in [1.54, 1.807) is 0 Å². The molecule has 0 bridgehead atoms. The number of benzene rings is 1. The molecule has 0 unspecified atom stereocenters. The van der Waals surface area contributed by atoms with Crippen molar-refractivity contribution in [2.75, 3.05) is 6.61 Å². The van der Waals surface area contributed by atoms with Gasteiger partial charge >= 0.3 is 0 Å². The molecule has 0 fully saturated rings. The van der Waals surface area contributed by atoms with Gasteiger partial charge in [0.05, 0.1) is 6.61 Å². The zero-order valence-corrected chi connectivity index (χ0v) is 9.70. The van der Waals surface area contributed by atoms with Gasteiger partial charge in [0.25, 0.3) is 0 Å². The number of hydrogen-bond donors (Lipinski definition) is 0. The van der Waals surface area contributed by atoms with Gasteiger partial charge in [-0.1, -0.05) is 32.1 Å². The van der Waals surface area contributed by atoms with Crippen LogP contribution in [0.3, 0.4) is 0 Å². The highest BCUT2D eigenvalue weighted by atomic mass is 16.5. The van der Waals surface area contributed by atoms with Crippen LogP contribution in [-0.2, 0) is 6.42 Å². The summed E-state index contributed by atoms with van der Waals surface area (Å²) in [6.07, 6.45) is 3.92. The second-order valence-electron chi connectivity index (χ2n) is 4.17. The van der Waals surface area contributed by atoms with E-state index in [0.717, 1.165) is 25.2 Å². The Morgan fingerprint density at radius 3 is 2.87 bits per heavy atom. The van der Waals surface area contributed by atoms with Gasteiger partial charge in [0.2, 0.25) is 0 Å². The molecule has 0 saturated carbocycles. The summed E-state index contributed by atoms with van der Waals surface area (Å²) in [6.45, 7) is 8.94. The monoisotopic (exact) mass is 204 g/mol. The molecule has 0 aliphatic heterocycles. The molecule has 15 heavy (non-hydrogen) atoms. The Bertz CT molecular complexity index is 302. The SMILES string of the molecule is C=CCc1cccc(OCCC(C)C)c1. The van der Waals surface area contributed by atoms with E-state index in [2.05, 4.69) is 32.6 Å². The molecule has 0 amide bonds. The molecule has 0 aliphatic rings. The molecule has 0 N–H and O–H groups in total. The summed E-state index contributed by atoms with van der Waals surface area (Å²) in [5.74, 6) is 1.66. The average Bonchev–Trinajstić information content (AvgIpc) is 2.18. The van der Waals surface area contributed by atoms with Crippen molar-refractivity contribution in [3.63, 3.8) is 0 Å². The maximum Gasteiger partial charge on any atom is 0.119 e. The number of rotatable bonds is 6. The minimum absolute atomic E-state index is 0.696. The van der Waals surface area contributed by atoms with Crippen molar-refractivity contribution in [2.45, 2.75) is 26.7 Å². The number of hydrogen-bond acceptors (Lipinski definition) is 1. The zero-order valence-electron chi connectivity index (χ0n) is 9.70. The quantitative estimate of drug-likeness (QED) is 0.640. The van der Waals surface area contributed by atoms with Gasteiger partial charge in [-0.2, -0.15) is 0 Å². The van der Waals surface area contributed by atoms with E-state index in [9.17, 15) is 0 Å². The van der Waals surface area contributed by atoms with E-state index in [1.807, 2.05) is 18.2 Å². The lowest BCUT2D eigenvalue weighted by atomic mass is 10.1. The predicted molar refractivity (Wildman–Crippen MR) is 65.3 cm³/mol. The largest absolute Gasteiger partial charge is 0.494 e. The normalized spacial score (nSPS) is 10.3. The van der Waals surface area contributed by atoms with Crippen LogP contribution in [0.5, 0.6) is 5.75 Å². The summed E-state index contributed by atoms with van der Waals surface area (Å²) < 4.78 is 5.67. The first kappa shape index (κ1) is 11.8. The first-order chi connectivity index (χ1) is 7.22. The second kappa shape index (κ2) is 6.28. The van der Waals surface area contributed by atoms with Crippen LogP contribution < -0.4 is 4.74 Å². The Morgan fingerprint density at radius 2 is 2.20 bits per heavy atom. The zero-order chi connectivity index (χ0) is 11.1. The third-order valence-electron chi connectivity index (χ3n) is 2.24. The molecule has 1 aromatic carbocycles. The van der Waals surface area contributed by atoms with Gasteiger partial charge in [0.15, 0.2) is 0 Å². The Morgan fingerprint density at radius 1 is 1.40 bits per heavy atom. The van der Waals surface area contributed by atoms with E-state index >= 15 is 0 Å². The van der Waals surface area contributed by atoms with Crippen LogP contribution >= 0.6 is 0 Å². The van der Waals surface area contributed by atoms with Crippen molar-refractivity contribution >= 4 is 0 Å². The minimum atomic E-state index is 0.696. The molecule has 0 atom stereocenters. The van der Waals surface area contributed by atoms with Gasteiger partial charge in [-0.05, 0) is 36.5 Å². The Kier molecular flexibility index (Phi) is 4.96. The van der Waals surface area contributed by atoms with E-state index in [0.29, 0.717) is 5.92 Å². The minimum Gasteiger partial charge on any atom is -0.494 e. The summed E-state index contributed by atoms with van der Waals surface area (Å²) >= 11 is 0. The van der Waals surface area contributed by atoms with Crippen LogP contribution in [0.15, 0.2) is 36.9 Å². The molecule has 82 valence electrons. The molecule has 1 heteroatoms. The highest BCUT2D eigenvalue weighted by Gasteiger charge is 1.97. The van der Waals surface area contributed by atoms with Crippen LogP contribution in [0.1, 0.15) is 25.8 Å². The molecule has 0 spiro atoms. The van der Waals surface area contributed by atoms with E-state index in [-0.39, 0.29) is 0 Å². The van der Waals surface area contributed by atoms with Gasteiger partial charge in [-0.25, -0.2) is 0 Å². The highest BCUT2D eigenvalue weighted by molar-refractivity contribution is 5.29. The lowest BCUT2D eigenvalue weighted by Crippen LogP contribution is -2.01. The summed E-state index contributed by atoms with van der Waals surface area (Å²) in [5.41, 5.74) is 1.26. The van der Waals surface area contributed by atoms with Crippen LogP contribution in [0.2, 0.25) is 0 Å². The van der Waals surface area contributed by atoms with E-state index in [4.69, 9.17) is 4.74 Å². The molecule has 0 heterocycles. The lowest BCUT2D eigenvalue weighted by Gasteiger charge is -2.08. The smallest absolute Gasteiger partial charge is 0.119 e. The maximum absolute atomic E-state index is 5.67. The standard InChI is InChI=1S/C14H20O/c1-4-6-13-7-5-8-14(11-13)15-10-9-12(2)3/h4-5,7-8,11-12H,1,6,9-10H2,2-3H3. The van der Waals surface area contributed by atoms with Crippen LogP contribution in [0, 0.1) is 5.92 Å².